The maximum atomic E-state index is 11.2. The molecule has 1 amide bonds. The molecule has 1 aliphatic rings. The first-order valence-electron chi connectivity index (χ1n) is 4.21. The van der Waals surface area contributed by atoms with Crippen LogP contribution in [0.15, 0.2) is 12.7 Å². The molecule has 3 heteroatoms. The number of nitrogens with one attached hydrogen (secondary N) is 1. The molecule has 0 aromatic heterocycles. The summed E-state index contributed by atoms with van der Waals surface area (Å²) < 4.78 is 0. The molecule has 0 bridgehead atoms. The molecule has 0 aromatic rings. The van der Waals surface area contributed by atoms with E-state index in [1.807, 2.05) is 0 Å². The molecule has 0 radical (unpaired) electrons. The fourth-order valence-electron chi connectivity index (χ4n) is 1.16. The monoisotopic (exact) mass is 185 g/mol. The van der Waals surface area contributed by atoms with Crippen LogP contribution in [0, 0.1) is 5.41 Å². The minimum atomic E-state index is 0.126. The van der Waals surface area contributed by atoms with Gasteiger partial charge in [0.15, 0.2) is 0 Å². The van der Waals surface area contributed by atoms with Crippen molar-refractivity contribution in [1.29, 1.82) is 0 Å². The van der Waals surface area contributed by atoms with Gasteiger partial charge in [-0.25, -0.2) is 0 Å². The summed E-state index contributed by atoms with van der Waals surface area (Å²) in [5.74, 6) is 0.954. The maximum absolute atomic E-state index is 11.2. The fourth-order valence-corrected chi connectivity index (χ4v) is 1.58. The van der Waals surface area contributed by atoms with Crippen molar-refractivity contribution in [2.45, 2.75) is 19.3 Å². The van der Waals surface area contributed by atoms with E-state index in [0.29, 0.717) is 13.0 Å². The van der Waals surface area contributed by atoms with E-state index in [0.717, 1.165) is 18.6 Å². The third-order valence-corrected chi connectivity index (χ3v) is 2.94. The molecule has 0 saturated heterocycles. The zero-order valence-corrected chi connectivity index (χ0v) is 8.07. The SMILES string of the molecule is C=CCNC(=O)CC1(CS)CC1. The predicted molar refractivity (Wildman–Crippen MR) is 53.3 cm³/mol. The lowest BCUT2D eigenvalue weighted by Crippen LogP contribution is -2.26. The lowest BCUT2D eigenvalue weighted by atomic mass is 10.1. The highest BCUT2D eigenvalue weighted by Crippen LogP contribution is 2.49. The maximum Gasteiger partial charge on any atom is 0.220 e. The summed E-state index contributed by atoms with van der Waals surface area (Å²) in [7, 11) is 0. The highest BCUT2D eigenvalue weighted by atomic mass is 32.1. The molecule has 12 heavy (non-hydrogen) atoms. The van der Waals surface area contributed by atoms with Crippen LogP contribution >= 0.6 is 12.6 Å². The van der Waals surface area contributed by atoms with Gasteiger partial charge in [-0.15, -0.1) is 6.58 Å². The van der Waals surface area contributed by atoms with Crippen molar-refractivity contribution in [1.82, 2.24) is 5.32 Å². The summed E-state index contributed by atoms with van der Waals surface area (Å²) in [4.78, 5) is 11.2. The van der Waals surface area contributed by atoms with Gasteiger partial charge >= 0.3 is 0 Å². The van der Waals surface area contributed by atoms with Crippen LogP contribution < -0.4 is 5.32 Å². The average molecular weight is 185 g/mol. The van der Waals surface area contributed by atoms with Crippen LogP contribution in [0.1, 0.15) is 19.3 Å². The molecule has 1 fully saturated rings. The average Bonchev–Trinajstić information content (AvgIpc) is 2.82. The minimum Gasteiger partial charge on any atom is -0.353 e. The molecule has 0 aliphatic heterocycles. The van der Waals surface area contributed by atoms with E-state index in [4.69, 9.17) is 0 Å². The Morgan fingerprint density at radius 2 is 2.33 bits per heavy atom. The van der Waals surface area contributed by atoms with Crippen molar-refractivity contribution < 1.29 is 4.79 Å². The molecule has 68 valence electrons. The van der Waals surface area contributed by atoms with E-state index in [-0.39, 0.29) is 11.3 Å². The standard InChI is InChI=1S/C9H15NOS/c1-2-5-10-8(11)6-9(7-12)3-4-9/h2,12H,1,3-7H2,(H,10,11). The molecule has 0 aromatic carbocycles. The minimum absolute atomic E-state index is 0.126. The third-order valence-electron chi connectivity index (χ3n) is 2.27. The Balaban J connectivity index is 2.21. The number of rotatable bonds is 5. The summed E-state index contributed by atoms with van der Waals surface area (Å²) in [6, 6.07) is 0. The Kier molecular flexibility index (Phi) is 3.20. The van der Waals surface area contributed by atoms with Crippen LogP contribution in [0.2, 0.25) is 0 Å². The summed E-state index contributed by atoms with van der Waals surface area (Å²) in [5, 5.41) is 2.77. The van der Waals surface area contributed by atoms with Crippen LogP contribution in [-0.4, -0.2) is 18.2 Å². The number of hydrogen-bond donors (Lipinski definition) is 2. The van der Waals surface area contributed by atoms with E-state index in [2.05, 4.69) is 24.5 Å². The van der Waals surface area contributed by atoms with Crippen LogP contribution in [-0.2, 0) is 4.79 Å². The van der Waals surface area contributed by atoms with Crippen molar-refractivity contribution in [2.24, 2.45) is 5.41 Å². The Morgan fingerprint density at radius 1 is 1.67 bits per heavy atom. The molecule has 0 heterocycles. The molecule has 0 spiro atoms. The Morgan fingerprint density at radius 3 is 2.75 bits per heavy atom. The lowest BCUT2D eigenvalue weighted by Gasteiger charge is -2.10. The van der Waals surface area contributed by atoms with Crippen molar-refractivity contribution in [3.8, 4) is 0 Å². The zero-order chi connectivity index (χ0) is 9.03. The van der Waals surface area contributed by atoms with Crippen LogP contribution in [0.3, 0.4) is 0 Å². The zero-order valence-electron chi connectivity index (χ0n) is 7.18. The van der Waals surface area contributed by atoms with Crippen LogP contribution in [0.25, 0.3) is 0 Å². The van der Waals surface area contributed by atoms with Gasteiger partial charge in [0.25, 0.3) is 0 Å². The molecule has 1 rings (SSSR count). The van der Waals surface area contributed by atoms with E-state index in [9.17, 15) is 4.79 Å². The second-order valence-electron chi connectivity index (χ2n) is 3.43. The summed E-state index contributed by atoms with van der Waals surface area (Å²) >= 11 is 4.23. The number of thiol groups is 1. The molecular weight excluding hydrogens is 170 g/mol. The van der Waals surface area contributed by atoms with E-state index < -0.39 is 0 Å². The Bertz CT molecular complexity index is 187. The first-order valence-corrected chi connectivity index (χ1v) is 4.84. The second-order valence-corrected chi connectivity index (χ2v) is 3.74. The second kappa shape index (κ2) is 3.99. The van der Waals surface area contributed by atoms with Gasteiger partial charge < -0.3 is 5.32 Å². The predicted octanol–water partition coefficient (Wildman–Crippen LogP) is 1.39. The van der Waals surface area contributed by atoms with Crippen LogP contribution in [0.5, 0.6) is 0 Å². The van der Waals surface area contributed by atoms with Crippen molar-refractivity contribution in [3.63, 3.8) is 0 Å². The molecule has 1 saturated carbocycles. The van der Waals surface area contributed by atoms with Gasteiger partial charge in [-0.1, -0.05) is 6.08 Å². The number of carbonyl (C=O) groups is 1. The van der Waals surface area contributed by atoms with E-state index in [1.165, 1.54) is 0 Å². The topological polar surface area (TPSA) is 29.1 Å². The van der Waals surface area contributed by atoms with E-state index in [1.54, 1.807) is 6.08 Å². The smallest absolute Gasteiger partial charge is 0.220 e. The first kappa shape index (κ1) is 9.65. The molecule has 1 aliphatic carbocycles. The quantitative estimate of drug-likeness (QED) is 0.492. The number of hydrogen-bond acceptors (Lipinski definition) is 2. The molecule has 0 unspecified atom stereocenters. The van der Waals surface area contributed by atoms with Crippen molar-refractivity contribution in [2.75, 3.05) is 12.3 Å². The van der Waals surface area contributed by atoms with Gasteiger partial charge in [-0.05, 0) is 24.0 Å². The van der Waals surface area contributed by atoms with E-state index >= 15 is 0 Å². The third kappa shape index (κ3) is 2.55. The normalized spacial score (nSPS) is 18.4. The molecule has 1 N–H and O–H groups in total. The highest BCUT2D eigenvalue weighted by Gasteiger charge is 2.42. The highest BCUT2D eigenvalue weighted by molar-refractivity contribution is 7.80. The molecular formula is C9H15NOS. The van der Waals surface area contributed by atoms with Gasteiger partial charge in [0, 0.05) is 13.0 Å². The first-order chi connectivity index (χ1) is 5.72. The van der Waals surface area contributed by atoms with Gasteiger partial charge in [-0.2, -0.15) is 12.6 Å². The number of carbonyl (C=O) groups excluding carboxylic acids is 1. The lowest BCUT2D eigenvalue weighted by molar-refractivity contribution is -0.121. The number of amides is 1. The largest absolute Gasteiger partial charge is 0.353 e. The molecule has 0 atom stereocenters. The van der Waals surface area contributed by atoms with Gasteiger partial charge in [0.2, 0.25) is 5.91 Å². The summed E-state index contributed by atoms with van der Waals surface area (Å²) in [6.07, 6.45) is 4.62. The van der Waals surface area contributed by atoms with Gasteiger partial charge in [0.05, 0.1) is 0 Å². The van der Waals surface area contributed by atoms with Crippen molar-refractivity contribution >= 4 is 18.5 Å². The fraction of sp³-hybridized carbons (Fsp3) is 0.667. The Labute approximate surface area is 78.8 Å². The molecule has 2 nitrogen and oxygen atoms in total. The summed E-state index contributed by atoms with van der Waals surface area (Å²) in [5.41, 5.74) is 0.231. The van der Waals surface area contributed by atoms with Gasteiger partial charge in [-0.3, -0.25) is 4.79 Å². The summed E-state index contributed by atoms with van der Waals surface area (Å²) in [6.45, 7) is 4.11. The van der Waals surface area contributed by atoms with Crippen LogP contribution in [0.4, 0.5) is 0 Å². The van der Waals surface area contributed by atoms with Crippen molar-refractivity contribution in [3.05, 3.63) is 12.7 Å². The Hall–Kier alpha value is -0.440. The van der Waals surface area contributed by atoms with Gasteiger partial charge in [0.1, 0.15) is 0 Å².